The molecule has 0 aliphatic carbocycles. The molecule has 94 valence electrons. The van der Waals surface area contributed by atoms with Gasteiger partial charge in [0, 0.05) is 4.88 Å². The van der Waals surface area contributed by atoms with Crippen LogP contribution in [0.3, 0.4) is 0 Å². The van der Waals surface area contributed by atoms with Gasteiger partial charge in [-0.05, 0) is 42.5 Å². The van der Waals surface area contributed by atoms with Gasteiger partial charge in [-0.15, -0.1) is 11.3 Å². The predicted octanol–water partition coefficient (Wildman–Crippen LogP) is 4.25. The number of ether oxygens (including phenoxy) is 1. The van der Waals surface area contributed by atoms with Crippen LogP contribution in [0.5, 0.6) is 5.75 Å². The van der Waals surface area contributed by atoms with Crippen molar-refractivity contribution in [2.75, 3.05) is 0 Å². The summed E-state index contributed by atoms with van der Waals surface area (Å²) in [6.07, 6.45) is 1.07. The lowest BCUT2D eigenvalue weighted by Crippen LogP contribution is -2.09. The first kappa shape index (κ1) is 13.1. The summed E-state index contributed by atoms with van der Waals surface area (Å²) < 4.78 is 5.26. The quantitative estimate of drug-likeness (QED) is 0.618. The molecule has 0 unspecified atom stereocenters. The smallest absolute Gasteiger partial charge is 0.311 e. The molecule has 1 aromatic heterocycles. The molecule has 2 aromatic rings. The van der Waals surface area contributed by atoms with Gasteiger partial charge in [0.25, 0.3) is 0 Å². The standard InChI is InChI=1S/C14H13ClO2S/c1-10-4-6-12(15)13(9-10)17-14(16)7-5-11-3-2-8-18-11/h2-4,6,8-9H,5,7H2,1H3. The van der Waals surface area contributed by atoms with Crippen LogP contribution in [0, 0.1) is 6.92 Å². The molecular weight excluding hydrogens is 268 g/mol. The van der Waals surface area contributed by atoms with Crippen LogP contribution in [0.4, 0.5) is 0 Å². The molecule has 0 radical (unpaired) electrons. The van der Waals surface area contributed by atoms with E-state index in [4.69, 9.17) is 16.3 Å². The van der Waals surface area contributed by atoms with E-state index in [1.165, 1.54) is 4.88 Å². The number of benzene rings is 1. The van der Waals surface area contributed by atoms with E-state index in [0.29, 0.717) is 23.6 Å². The van der Waals surface area contributed by atoms with Crippen molar-refractivity contribution < 1.29 is 9.53 Å². The van der Waals surface area contributed by atoms with E-state index in [1.807, 2.05) is 30.5 Å². The fourth-order valence-corrected chi connectivity index (χ4v) is 2.41. The van der Waals surface area contributed by atoms with Crippen LogP contribution in [-0.4, -0.2) is 5.97 Å². The number of aryl methyl sites for hydroxylation is 2. The van der Waals surface area contributed by atoms with Crippen molar-refractivity contribution in [3.63, 3.8) is 0 Å². The normalized spacial score (nSPS) is 10.3. The summed E-state index contributed by atoms with van der Waals surface area (Å²) in [5.74, 6) is 0.184. The molecular formula is C14H13ClO2S. The minimum Gasteiger partial charge on any atom is -0.425 e. The highest BCUT2D eigenvalue weighted by atomic mass is 35.5. The Hall–Kier alpha value is -1.32. The van der Waals surface area contributed by atoms with E-state index in [1.54, 1.807) is 23.5 Å². The monoisotopic (exact) mass is 280 g/mol. The van der Waals surface area contributed by atoms with E-state index in [2.05, 4.69) is 0 Å². The minimum absolute atomic E-state index is 0.254. The molecule has 0 amide bonds. The van der Waals surface area contributed by atoms with Crippen LogP contribution in [0.1, 0.15) is 16.9 Å². The lowest BCUT2D eigenvalue weighted by Gasteiger charge is -2.06. The molecule has 4 heteroatoms. The van der Waals surface area contributed by atoms with Gasteiger partial charge in [-0.2, -0.15) is 0 Å². The second-order valence-corrected chi connectivity index (χ2v) is 5.43. The predicted molar refractivity (Wildman–Crippen MR) is 74.5 cm³/mol. The molecule has 0 bridgehead atoms. The number of halogens is 1. The van der Waals surface area contributed by atoms with Crippen LogP contribution in [0.15, 0.2) is 35.7 Å². The summed E-state index contributed by atoms with van der Waals surface area (Å²) in [6, 6.07) is 9.37. The maximum absolute atomic E-state index is 11.7. The molecule has 18 heavy (non-hydrogen) atoms. The molecule has 0 saturated carbocycles. The number of rotatable bonds is 4. The Labute approximate surface area is 115 Å². The summed E-state index contributed by atoms with van der Waals surface area (Å²) in [5, 5.41) is 2.46. The first-order valence-corrected chi connectivity index (χ1v) is 6.90. The van der Waals surface area contributed by atoms with Gasteiger partial charge in [0.15, 0.2) is 0 Å². The summed E-state index contributed by atoms with van der Waals surface area (Å²) in [7, 11) is 0. The Balaban J connectivity index is 1.92. The summed E-state index contributed by atoms with van der Waals surface area (Å²) in [4.78, 5) is 12.9. The van der Waals surface area contributed by atoms with E-state index in [-0.39, 0.29) is 5.97 Å². The molecule has 0 atom stereocenters. The Morgan fingerprint density at radius 1 is 1.39 bits per heavy atom. The average Bonchev–Trinajstić information content (AvgIpc) is 2.84. The first-order chi connectivity index (χ1) is 8.65. The first-order valence-electron chi connectivity index (χ1n) is 5.64. The van der Waals surface area contributed by atoms with Crippen molar-refractivity contribution >= 4 is 28.9 Å². The molecule has 0 spiro atoms. The molecule has 1 aromatic carbocycles. The third-order valence-corrected chi connectivity index (χ3v) is 3.71. The largest absolute Gasteiger partial charge is 0.425 e. The lowest BCUT2D eigenvalue weighted by molar-refractivity contribution is -0.134. The molecule has 2 nitrogen and oxygen atoms in total. The van der Waals surface area contributed by atoms with Gasteiger partial charge in [-0.1, -0.05) is 23.7 Å². The number of carbonyl (C=O) groups is 1. The summed E-state index contributed by atoms with van der Waals surface area (Å²) in [5.41, 5.74) is 1.01. The van der Waals surface area contributed by atoms with E-state index >= 15 is 0 Å². The maximum atomic E-state index is 11.7. The van der Waals surface area contributed by atoms with Gasteiger partial charge in [0.05, 0.1) is 11.4 Å². The molecule has 0 fully saturated rings. The number of esters is 1. The second-order valence-electron chi connectivity index (χ2n) is 3.99. The Kier molecular flexibility index (Phi) is 4.39. The number of hydrogen-bond acceptors (Lipinski definition) is 3. The third kappa shape index (κ3) is 3.59. The van der Waals surface area contributed by atoms with E-state index in [0.717, 1.165) is 5.56 Å². The van der Waals surface area contributed by atoms with Crippen molar-refractivity contribution in [3.8, 4) is 5.75 Å². The Morgan fingerprint density at radius 3 is 2.94 bits per heavy atom. The zero-order valence-corrected chi connectivity index (χ0v) is 11.6. The highest BCUT2D eigenvalue weighted by molar-refractivity contribution is 7.09. The molecule has 0 aliphatic rings. The van der Waals surface area contributed by atoms with Crippen molar-refractivity contribution in [1.29, 1.82) is 0 Å². The molecule has 0 N–H and O–H groups in total. The van der Waals surface area contributed by atoms with Gasteiger partial charge in [-0.25, -0.2) is 0 Å². The fourth-order valence-electron chi connectivity index (χ4n) is 1.54. The minimum atomic E-state index is -0.254. The fraction of sp³-hybridized carbons (Fsp3) is 0.214. The zero-order chi connectivity index (χ0) is 13.0. The molecule has 0 saturated heterocycles. The van der Waals surface area contributed by atoms with Gasteiger partial charge in [0.1, 0.15) is 5.75 Å². The average molecular weight is 281 g/mol. The van der Waals surface area contributed by atoms with E-state index in [9.17, 15) is 4.79 Å². The zero-order valence-electron chi connectivity index (χ0n) is 9.98. The number of hydrogen-bond donors (Lipinski definition) is 0. The topological polar surface area (TPSA) is 26.3 Å². The van der Waals surface area contributed by atoms with E-state index < -0.39 is 0 Å². The Bertz CT molecular complexity index is 535. The highest BCUT2D eigenvalue weighted by Gasteiger charge is 2.09. The molecule has 1 heterocycles. The molecule has 0 aliphatic heterocycles. The maximum Gasteiger partial charge on any atom is 0.311 e. The van der Waals surface area contributed by atoms with Crippen molar-refractivity contribution in [2.45, 2.75) is 19.8 Å². The SMILES string of the molecule is Cc1ccc(Cl)c(OC(=O)CCc2cccs2)c1. The summed E-state index contributed by atoms with van der Waals surface area (Å²) in [6.45, 7) is 1.93. The summed E-state index contributed by atoms with van der Waals surface area (Å²) >= 11 is 7.61. The number of thiophene rings is 1. The van der Waals surface area contributed by atoms with Gasteiger partial charge >= 0.3 is 5.97 Å². The lowest BCUT2D eigenvalue weighted by atomic mass is 10.2. The second kappa shape index (κ2) is 6.03. The van der Waals surface area contributed by atoms with Gasteiger partial charge in [0.2, 0.25) is 0 Å². The highest BCUT2D eigenvalue weighted by Crippen LogP contribution is 2.25. The van der Waals surface area contributed by atoms with Crippen LogP contribution in [-0.2, 0) is 11.2 Å². The number of carbonyl (C=O) groups excluding carboxylic acids is 1. The van der Waals surface area contributed by atoms with Crippen LogP contribution in [0.2, 0.25) is 5.02 Å². The van der Waals surface area contributed by atoms with Crippen molar-refractivity contribution in [2.24, 2.45) is 0 Å². The molecule has 2 rings (SSSR count). The van der Waals surface area contributed by atoms with Crippen molar-refractivity contribution in [1.82, 2.24) is 0 Å². The van der Waals surface area contributed by atoms with Crippen LogP contribution in [0.25, 0.3) is 0 Å². The van der Waals surface area contributed by atoms with Gasteiger partial charge < -0.3 is 4.74 Å². The van der Waals surface area contributed by atoms with Crippen LogP contribution >= 0.6 is 22.9 Å². The van der Waals surface area contributed by atoms with Crippen LogP contribution < -0.4 is 4.74 Å². The Morgan fingerprint density at radius 2 is 2.22 bits per heavy atom. The van der Waals surface area contributed by atoms with Gasteiger partial charge in [-0.3, -0.25) is 4.79 Å². The van der Waals surface area contributed by atoms with Crippen molar-refractivity contribution in [3.05, 3.63) is 51.2 Å². The third-order valence-electron chi connectivity index (χ3n) is 2.47.